The summed E-state index contributed by atoms with van der Waals surface area (Å²) in [6.45, 7) is 0.168. The summed E-state index contributed by atoms with van der Waals surface area (Å²) in [4.78, 5) is 48.4. The highest BCUT2D eigenvalue weighted by Crippen LogP contribution is 2.35. The number of para-hydroxylation sites is 1. The van der Waals surface area contributed by atoms with Crippen molar-refractivity contribution in [2.24, 2.45) is 0 Å². The Balaban J connectivity index is 1.26. The van der Waals surface area contributed by atoms with Gasteiger partial charge in [-0.15, -0.1) is 0 Å². The van der Waals surface area contributed by atoms with Crippen LogP contribution in [-0.2, 0) is 16.9 Å². The molecule has 3 N–H and O–H groups in total. The molecule has 5 heterocycles. The van der Waals surface area contributed by atoms with Crippen molar-refractivity contribution in [2.75, 3.05) is 13.7 Å². The van der Waals surface area contributed by atoms with Crippen LogP contribution in [0, 0.1) is 0 Å². The lowest BCUT2D eigenvalue weighted by Gasteiger charge is -2.28. The summed E-state index contributed by atoms with van der Waals surface area (Å²) >= 11 is 0. The lowest BCUT2D eigenvalue weighted by molar-refractivity contribution is -0.125. The van der Waals surface area contributed by atoms with Crippen molar-refractivity contribution in [3.8, 4) is 17.1 Å². The molecule has 0 bridgehead atoms. The van der Waals surface area contributed by atoms with Gasteiger partial charge in [-0.05, 0) is 42.0 Å². The summed E-state index contributed by atoms with van der Waals surface area (Å²) in [7, 11) is 1.53. The van der Waals surface area contributed by atoms with Gasteiger partial charge in [-0.3, -0.25) is 14.9 Å². The lowest BCUT2D eigenvalue weighted by Crippen LogP contribution is -2.52. The minimum absolute atomic E-state index is 0.116. The van der Waals surface area contributed by atoms with Crippen molar-refractivity contribution in [3.63, 3.8) is 0 Å². The first-order valence-electron chi connectivity index (χ1n) is 12.0. The Bertz CT molecular complexity index is 1770. The molecule has 1 saturated heterocycles. The normalized spacial score (nSPS) is 18.8. The monoisotopic (exact) mass is 507 g/mol. The molecule has 2 aromatic carbocycles. The molecule has 10 heteroatoms. The van der Waals surface area contributed by atoms with E-state index in [4.69, 9.17) is 14.1 Å². The van der Waals surface area contributed by atoms with Gasteiger partial charge in [0.25, 0.3) is 11.8 Å². The van der Waals surface area contributed by atoms with E-state index in [9.17, 15) is 14.4 Å². The van der Waals surface area contributed by atoms with Gasteiger partial charge in [0.2, 0.25) is 0 Å². The number of methoxy groups -OCH3 is 1. The molecule has 0 spiro atoms. The number of imide groups is 1. The number of hydrogen-bond donors (Lipinski definition) is 3. The van der Waals surface area contributed by atoms with Gasteiger partial charge in [0, 0.05) is 29.1 Å². The molecule has 188 valence electrons. The van der Waals surface area contributed by atoms with E-state index in [1.807, 2.05) is 42.5 Å². The van der Waals surface area contributed by atoms with Crippen molar-refractivity contribution in [3.05, 3.63) is 83.6 Å². The Morgan fingerprint density at radius 1 is 1.05 bits per heavy atom. The zero-order valence-corrected chi connectivity index (χ0v) is 20.2. The Morgan fingerprint density at radius 2 is 1.92 bits per heavy atom. The van der Waals surface area contributed by atoms with Gasteiger partial charge < -0.3 is 24.4 Å². The summed E-state index contributed by atoms with van der Waals surface area (Å²) in [5, 5.41) is 6.07. The van der Waals surface area contributed by atoms with Gasteiger partial charge in [0.15, 0.2) is 11.1 Å². The number of ether oxygens (including phenoxy) is 1. The van der Waals surface area contributed by atoms with E-state index in [0.717, 1.165) is 22.2 Å². The van der Waals surface area contributed by atoms with Crippen LogP contribution in [0.25, 0.3) is 33.4 Å². The maximum atomic E-state index is 13.2. The SMILES string of the molecule is COc1ccc2c(c1)C(=O)N(C[C@@]1(c3cc4nc(-c5cc6ccccc6[nH]5)ccc4o3)NC(=O)NC1=O)C2. The van der Waals surface area contributed by atoms with Crippen molar-refractivity contribution in [1.29, 1.82) is 0 Å². The summed E-state index contributed by atoms with van der Waals surface area (Å²) in [5.41, 5.74) is 3.21. The van der Waals surface area contributed by atoms with Gasteiger partial charge in [-0.2, -0.15) is 0 Å². The summed E-state index contributed by atoms with van der Waals surface area (Å²) < 4.78 is 11.3. The Morgan fingerprint density at radius 3 is 2.71 bits per heavy atom. The van der Waals surface area contributed by atoms with Crippen LogP contribution in [0.3, 0.4) is 0 Å². The van der Waals surface area contributed by atoms with E-state index in [2.05, 4.69) is 15.6 Å². The molecule has 10 nitrogen and oxygen atoms in total. The molecular weight excluding hydrogens is 486 g/mol. The minimum Gasteiger partial charge on any atom is -0.497 e. The topological polar surface area (TPSA) is 130 Å². The predicted molar refractivity (Wildman–Crippen MR) is 137 cm³/mol. The van der Waals surface area contributed by atoms with Crippen LogP contribution in [0.5, 0.6) is 5.75 Å². The number of fused-ring (bicyclic) bond motifs is 3. The first-order chi connectivity index (χ1) is 18.4. The van der Waals surface area contributed by atoms with Gasteiger partial charge in [0.05, 0.1) is 25.0 Å². The second-order valence-electron chi connectivity index (χ2n) is 9.46. The highest BCUT2D eigenvalue weighted by molar-refractivity contribution is 6.08. The lowest BCUT2D eigenvalue weighted by atomic mass is 9.95. The van der Waals surface area contributed by atoms with E-state index in [1.165, 1.54) is 12.0 Å². The quantitative estimate of drug-likeness (QED) is 0.311. The number of H-pyrrole nitrogens is 1. The number of urea groups is 1. The second kappa shape index (κ2) is 7.94. The number of amides is 4. The number of carbonyl (C=O) groups excluding carboxylic acids is 3. The summed E-state index contributed by atoms with van der Waals surface area (Å²) in [6, 6.07) is 19.8. The number of aromatic amines is 1. The molecule has 5 aromatic rings. The van der Waals surface area contributed by atoms with Gasteiger partial charge >= 0.3 is 6.03 Å². The standard InChI is InChI=1S/C28H21N5O5/c1-37-17-7-6-16-13-33(25(34)18(16)11-17)14-28(26(35)31-27(36)32-28)24-12-22-23(38-24)9-8-20(30-22)21-10-15-4-2-3-5-19(15)29-21/h2-12,29H,13-14H2,1H3,(H2,31,32,35,36)/t28-/m0/s1. The Kier molecular flexibility index (Phi) is 4.62. The summed E-state index contributed by atoms with van der Waals surface area (Å²) in [6.07, 6.45) is 0. The van der Waals surface area contributed by atoms with Crippen LogP contribution in [0.2, 0.25) is 0 Å². The third kappa shape index (κ3) is 3.27. The van der Waals surface area contributed by atoms with E-state index < -0.39 is 17.5 Å². The molecule has 2 aliphatic rings. The molecule has 7 rings (SSSR count). The number of furan rings is 1. The zero-order chi connectivity index (χ0) is 26.0. The number of aromatic nitrogens is 2. The van der Waals surface area contributed by atoms with Crippen LogP contribution >= 0.6 is 0 Å². The van der Waals surface area contributed by atoms with Crippen molar-refractivity contribution in [2.45, 2.75) is 12.1 Å². The van der Waals surface area contributed by atoms with Crippen LogP contribution in [0.15, 0.2) is 71.1 Å². The first-order valence-corrected chi connectivity index (χ1v) is 12.0. The third-order valence-corrected chi connectivity index (χ3v) is 7.17. The molecule has 0 unspecified atom stereocenters. The molecule has 0 saturated carbocycles. The van der Waals surface area contributed by atoms with Crippen molar-refractivity contribution >= 4 is 39.8 Å². The van der Waals surface area contributed by atoms with Crippen LogP contribution in [0.1, 0.15) is 21.7 Å². The fraction of sp³-hybridized carbons (Fsp3) is 0.143. The molecule has 2 aliphatic heterocycles. The number of rotatable bonds is 5. The van der Waals surface area contributed by atoms with Crippen LogP contribution < -0.4 is 15.4 Å². The fourth-order valence-electron chi connectivity index (χ4n) is 5.23. The average Bonchev–Trinajstić information content (AvgIpc) is 3.68. The van der Waals surface area contributed by atoms with E-state index in [-0.39, 0.29) is 24.8 Å². The summed E-state index contributed by atoms with van der Waals surface area (Å²) in [5.74, 6) is -0.102. The molecule has 38 heavy (non-hydrogen) atoms. The molecule has 4 amide bonds. The van der Waals surface area contributed by atoms with Crippen molar-refractivity contribution < 1.29 is 23.5 Å². The van der Waals surface area contributed by atoms with E-state index in [0.29, 0.717) is 28.1 Å². The van der Waals surface area contributed by atoms with Crippen LogP contribution in [-0.4, -0.2) is 46.4 Å². The molecule has 1 fully saturated rings. The van der Waals surface area contributed by atoms with Crippen LogP contribution in [0.4, 0.5) is 4.79 Å². The smallest absolute Gasteiger partial charge is 0.322 e. The minimum atomic E-state index is -1.61. The first kappa shape index (κ1) is 22.1. The van der Waals surface area contributed by atoms with E-state index in [1.54, 1.807) is 24.3 Å². The number of nitrogens with one attached hydrogen (secondary N) is 3. The molecule has 0 radical (unpaired) electrons. The second-order valence-corrected chi connectivity index (χ2v) is 9.46. The molecular formula is C28H21N5O5. The maximum Gasteiger partial charge on any atom is 0.322 e. The number of nitrogens with zero attached hydrogens (tertiary/aromatic N) is 2. The average molecular weight is 508 g/mol. The van der Waals surface area contributed by atoms with Gasteiger partial charge in [-0.25, -0.2) is 9.78 Å². The molecule has 3 aromatic heterocycles. The number of benzene rings is 2. The Labute approximate surface area is 215 Å². The highest BCUT2D eigenvalue weighted by Gasteiger charge is 2.53. The van der Waals surface area contributed by atoms with E-state index >= 15 is 0 Å². The van der Waals surface area contributed by atoms with Gasteiger partial charge in [-0.1, -0.05) is 24.3 Å². The highest BCUT2D eigenvalue weighted by atomic mass is 16.5. The fourth-order valence-corrected chi connectivity index (χ4v) is 5.23. The number of pyridine rings is 1. The number of carbonyl (C=O) groups is 3. The largest absolute Gasteiger partial charge is 0.497 e. The van der Waals surface area contributed by atoms with Crippen molar-refractivity contribution in [1.82, 2.24) is 25.5 Å². The molecule has 0 aliphatic carbocycles. The van der Waals surface area contributed by atoms with Gasteiger partial charge in [0.1, 0.15) is 17.0 Å². The zero-order valence-electron chi connectivity index (χ0n) is 20.2. The third-order valence-electron chi connectivity index (χ3n) is 7.17. The predicted octanol–water partition coefficient (Wildman–Crippen LogP) is 3.68. The number of hydrogen-bond acceptors (Lipinski definition) is 6. The Hall–Kier alpha value is -5.12. The maximum absolute atomic E-state index is 13.2. The molecule has 1 atom stereocenters.